The molecular weight excluding hydrogens is 383 g/mol. The average molecular weight is 397 g/mol. The summed E-state index contributed by atoms with van der Waals surface area (Å²) in [6.45, 7) is -0.0500. The Morgan fingerprint density at radius 3 is 2.66 bits per heavy atom. The van der Waals surface area contributed by atoms with Crippen molar-refractivity contribution in [3.05, 3.63) is 71.7 Å². The van der Waals surface area contributed by atoms with Gasteiger partial charge in [-0.1, -0.05) is 12.1 Å². The lowest BCUT2D eigenvalue weighted by atomic mass is 9.96. The topological polar surface area (TPSA) is 82.7 Å². The third-order valence-electron chi connectivity index (χ3n) is 4.75. The van der Waals surface area contributed by atoms with Crippen LogP contribution in [0.5, 0.6) is 0 Å². The molecule has 4 rings (SSSR count). The summed E-state index contributed by atoms with van der Waals surface area (Å²) in [5, 5.41) is 14.0. The molecule has 1 atom stereocenters. The van der Waals surface area contributed by atoms with E-state index >= 15 is 0 Å². The highest BCUT2D eigenvalue weighted by Crippen LogP contribution is 2.45. The van der Waals surface area contributed by atoms with Crippen molar-refractivity contribution in [2.45, 2.75) is 12.2 Å². The number of amides is 2. The quantitative estimate of drug-likeness (QED) is 0.696. The maximum absolute atomic E-state index is 13.5. The molecule has 3 aromatic rings. The number of halogens is 3. The summed E-state index contributed by atoms with van der Waals surface area (Å²) in [6.07, 6.45) is -1.54. The fourth-order valence-electron chi connectivity index (χ4n) is 3.49. The maximum atomic E-state index is 13.5. The van der Waals surface area contributed by atoms with Crippen LogP contribution in [0.1, 0.15) is 22.7 Å². The Kier molecular flexibility index (Phi) is 4.47. The van der Waals surface area contributed by atoms with Crippen LogP contribution in [-0.2, 0) is 6.18 Å². The summed E-state index contributed by atoms with van der Waals surface area (Å²) >= 11 is 0. The first-order chi connectivity index (χ1) is 13.9. The van der Waals surface area contributed by atoms with Crippen molar-refractivity contribution >= 4 is 11.7 Å². The van der Waals surface area contributed by atoms with Crippen LogP contribution in [0, 0.1) is 11.3 Å². The van der Waals surface area contributed by atoms with Crippen molar-refractivity contribution in [1.82, 2.24) is 14.9 Å². The highest BCUT2D eigenvalue weighted by atomic mass is 19.4. The standard InChI is InChI=1S/C20H14F3N5O/c21-20(22,23)15-3-1-2-14-16-9-25-11-28(16)17(18(14)15)10-26-19(29)27-13-6-4-12(8-24)5-7-13/h1-7,9,11,17H,10H2,(H2,26,27,29). The second-order valence-electron chi connectivity index (χ2n) is 6.49. The van der Waals surface area contributed by atoms with E-state index in [-0.39, 0.29) is 12.1 Å². The number of hydrogen-bond acceptors (Lipinski definition) is 3. The van der Waals surface area contributed by atoms with E-state index in [4.69, 9.17) is 5.26 Å². The van der Waals surface area contributed by atoms with Gasteiger partial charge in [0.15, 0.2) is 0 Å². The van der Waals surface area contributed by atoms with Crippen LogP contribution >= 0.6 is 0 Å². The smallest absolute Gasteiger partial charge is 0.335 e. The summed E-state index contributed by atoms with van der Waals surface area (Å²) in [6, 6.07) is 11.0. The van der Waals surface area contributed by atoms with Crippen molar-refractivity contribution < 1.29 is 18.0 Å². The van der Waals surface area contributed by atoms with Crippen molar-refractivity contribution in [3.63, 3.8) is 0 Å². The predicted molar refractivity (Wildman–Crippen MR) is 99.0 cm³/mol. The number of aromatic nitrogens is 2. The van der Waals surface area contributed by atoms with Crippen LogP contribution in [0.2, 0.25) is 0 Å². The van der Waals surface area contributed by atoms with Crippen LogP contribution in [0.25, 0.3) is 11.3 Å². The molecule has 0 fully saturated rings. The second kappa shape index (κ2) is 6.98. The molecule has 6 nitrogen and oxygen atoms in total. The molecule has 1 unspecified atom stereocenters. The number of hydrogen-bond donors (Lipinski definition) is 2. The van der Waals surface area contributed by atoms with Gasteiger partial charge in [-0.3, -0.25) is 0 Å². The minimum atomic E-state index is -4.51. The van der Waals surface area contributed by atoms with Gasteiger partial charge < -0.3 is 15.2 Å². The van der Waals surface area contributed by atoms with E-state index in [1.165, 1.54) is 18.6 Å². The Labute approximate surface area is 163 Å². The average Bonchev–Trinajstić information content (AvgIpc) is 3.27. The third-order valence-corrected chi connectivity index (χ3v) is 4.75. The number of rotatable bonds is 3. The molecule has 29 heavy (non-hydrogen) atoms. The lowest BCUT2D eigenvalue weighted by Crippen LogP contribution is -2.34. The molecule has 0 bridgehead atoms. The molecule has 146 valence electrons. The van der Waals surface area contributed by atoms with Crippen LogP contribution in [-0.4, -0.2) is 22.1 Å². The number of carbonyl (C=O) groups excluding carboxylic acids is 1. The zero-order valence-electron chi connectivity index (χ0n) is 14.9. The molecule has 0 saturated heterocycles. The van der Waals surface area contributed by atoms with Crippen LogP contribution in [0.15, 0.2) is 55.0 Å². The van der Waals surface area contributed by atoms with Gasteiger partial charge in [0, 0.05) is 17.8 Å². The van der Waals surface area contributed by atoms with Gasteiger partial charge >= 0.3 is 12.2 Å². The van der Waals surface area contributed by atoms with E-state index in [1.54, 1.807) is 34.9 Å². The number of nitriles is 1. The van der Waals surface area contributed by atoms with Gasteiger partial charge in [-0.25, -0.2) is 9.78 Å². The monoisotopic (exact) mass is 397 g/mol. The van der Waals surface area contributed by atoms with E-state index in [2.05, 4.69) is 15.6 Å². The number of anilines is 1. The summed E-state index contributed by atoms with van der Waals surface area (Å²) in [5.74, 6) is 0. The lowest BCUT2D eigenvalue weighted by Gasteiger charge is -2.20. The van der Waals surface area contributed by atoms with Crippen molar-refractivity contribution in [2.75, 3.05) is 11.9 Å². The molecule has 9 heteroatoms. The third kappa shape index (κ3) is 3.40. The number of benzene rings is 2. The molecule has 2 heterocycles. The molecule has 1 aliphatic heterocycles. The Morgan fingerprint density at radius 1 is 1.21 bits per heavy atom. The SMILES string of the molecule is N#Cc1ccc(NC(=O)NCC2c3c(cccc3C(F)(F)F)-c3cncn32)cc1. The van der Waals surface area contributed by atoms with Gasteiger partial charge in [0.05, 0.1) is 41.5 Å². The Hall–Kier alpha value is -3.80. The normalized spacial score (nSPS) is 14.6. The number of alkyl halides is 3. The largest absolute Gasteiger partial charge is 0.416 e. The summed E-state index contributed by atoms with van der Waals surface area (Å²) in [7, 11) is 0. The summed E-state index contributed by atoms with van der Waals surface area (Å²) in [5.41, 5.74) is 1.34. The Morgan fingerprint density at radius 2 is 1.97 bits per heavy atom. The Bertz CT molecular complexity index is 1110. The maximum Gasteiger partial charge on any atom is 0.416 e. The lowest BCUT2D eigenvalue weighted by molar-refractivity contribution is -0.138. The highest BCUT2D eigenvalue weighted by Gasteiger charge is 2.40. The van der Waals surface area contributed by atoms with Gasteiger partial charge in [-0.05, 0) is 35.9 Å². The van der Waals surface area contributed by atoms with Gasteiger partial charge in [-0.2, -0.15) is 18.4 Å². The molecule has 2 N–H and O–H groups in total. The van der Waals surface area contributed by atoms with Gasteiger partial charge in [0.2, 0.25) is 0 Å². The van der Waals surface area contributed by atoms with E-state index in [0.717, 1.165) is 6.07 Å². The van der Waals surface area contributed by atoms with Gasteiger partial charge in [0.1, 0.15) is 0 Å². The molecular formula is C20H14F3N5O. The van der Waals surface area contributed by atoms with E-state index in [1.807, 2.05) is 6.07 Å². The summed E-state index contributed by atoms with van der Waals surface area (Å²) < 4.78 is 42.3. The first-order valence-electron chi connectivity index (χ1n) is 8.66. The van der Waals surface area contributed by atoms with E-state index in [0.29, 0.717) is 22.5 Å². The minimum Gasteiger partial charge on any atom is -0.335 e. The molecule has 2 aromatic carbocycles. The van der Waals surface area contributed by atoms with Gasteiger partial charge in [-0.15, -0.1) is 0 Å². The van der Waals surface area contributed by atoms with Crippen molar-refractivity contribution in [2.24, 2.45) is 0 Å². The molecule has 1 aromatic heterocycles. The van der Waals surface area contributed by atoms with Gasteiger partial charge in [0.25, 0.3) is 0 Å². The number of urea groups is 1. The fraction of sp³-hybridized carbons (Fsp3) is 0.150. The molecule has 0 saturated carbocycles. The number of nitrogens with one attached hydrogen (secondary N) is 2. The first kappa shape index (κ1) is 18.6. The Balaban J connectivity index is 1.55. The first-order valence-corrected chi connectivity index (χ1v) is 8.66. The van der Waals surface area contributed by atoms with Crippen molar-refractivity contribution in [3.8, 4) is 17.3 Å². The molecule has 0 aliphatic carbocycles. The van der Waals surface area contributed by atoms with Crippen LogP contribution in [0.3, 0.4) is 0 Å². The second-order valence-corrected chi connectivity index (χ2v) is 6.49. The molecule has 1 aliphatic rings. The molecule has 0 radical (unpaired) electrons. The number of imidazole rings is 1. The fourth-order valence-corrected chi connectivity index (χ4v) is 3.49. The number of fused-ring (bicyclic) bond motifs is 3. The van der Waals surface area contributed by atoms with Crippen molar-refractivity contribution in [1.29, 1.82) is 5.26 Å². The molecule has 0 spiro atoms. The van der Waals surface area contributed by atoms with Crippen LogP contribution < -0.4 is 10.6 Å². The minimum absolute atomic E-state index is 0.0500. The zero-order chi connectivity index (χ0) is 20.6. The highest BCUT2D eigenvalue weighted by molar-refractivity contribution is 5.89. The van der Waals surface area contributed by atoms with Crippen LogP contribution in [0.4, 0.5) is 23.7 Å². The number of carbonyl (C=O) groups is 1. The number of nitrogens with zero attached hydrogens (tertiary/aromatic N) is 3. The summed E-state index contributed by atoms with van der Waals surface area (Å²) in [4.78, 5) is 16.3. The molecule has 2 amide bonds. The van der Waals surface area contributed by atoms with E-state index < -0.39 is 23.8 Å². The predicted octanol–water partition coefficient (Wildman–Crippen LogP) is 4.17. The van der Waals surface area contributed by atoms with E-state index in [9.17, 15) is 18.0 Å². The zero-order valence-corrected chi connectivity index (χ0v) is 14.9.